The second-order valence-corrected chi connectivity index (χ2v) is 5.93. The molecule has 0 amide bonds. The average molecular weight is 285 g/mol. The number of aryl methyl sites for hydroxylation is 2. The van der Waals surface area contributed by atoms with Crippen LogP contribution in [0.1, 0.15) is 26.6 Å². The molecule has 0 atom stereocenters. The number of halogens is 1. The van der Waals surface area contributed by atoms with Gasteiger partial charge in [-0.1, -0.05) is 0 Å². The van der Waals surface area contributed by atoms with Crippen LogP contribution in [0, 0.1) is 13.8 Å². The first kappa shape index (κ1) is 10.6. The predicted octanol–water partition coefficient (Wildman–Crippen LogP) is 3.95. The van der Waals surface area contributed by atoms with Crippen LogP contribution in [0.25, 0.3) is 0 Å². The Bertz CT molecular complexity index is 510. The van der Waals surface area contributed by atoms with Gasteiger partial charge < -0.3 is 4.42 Å². The first-order valence-corrected chi connectivity index (χ1v) is 6.04. The number of thiophene rings is 1. The first-order chi connectivity index (χ1) is 7.08. The molecule has 0 radical (unpaired) electrons. The van der Waals surface area contributed by atoms with Gasteiger partial charge in [0.1, 0.15) is 12.0 Å². The Balaban J connectivity index is 2.40. The van der Waals surface area contributed by atoms with E-state index >= 15 is 0 Å². The highest BCUT2D eigenvalue weighted by Crippen LogP contribution is 2.28. The van der Waals surface area contributed by atoms with Gasteiger partial charge in [0.2, 0.25) is 0 Å². The average Bonchev–Trinajstić information content (AvgIpc) is 2.71. The Morgan fingerprint density at radius 2 is 2.13 bits per heavy atom. The molecule has 15 heavy (non-hydrogen) atoms. The van der Waals surface area contributed by atoms with Gasteiger partial charge in [0.05, 0.1) is 9.35 Å². The van der Waals surface area contributed by atoms with Crippen molar-refractivity contribution in [3.8, 4) is 0 Å². The Hall–Kier alpha value is -0.870. The van der Waals surface area contributed by atoms with Crippen LogP contribution in [0.5, 0.6) is 0 Å². The second kappa shape index (κ2) is 3.94. The van der Waals surface area contributed by atoms with Crippen molar-refractivity contribution in [3.05, 3.63) is 43.9 Å². The lowest BCUT2D eigenvalue weighted by atomic mass is 10.1. The Morgan fingerprint density at radius 3 is 2.60 bits per heavy atom. The zero-order valence-corrected chi connectivity index (χ0v) is 10.7. The van der Waals surface area contributed by atoms with E-state index in [1.54, 1.807) is 17.4 Å². The summed E-state index contributed by atoms with van der Waals surface area (Å²) in [6.45, 7) is 3.77. The highest BCUT2D eigenvalue weighted by Gasteiger charge is 2.16. The lowest BCUT2D eigenvalue weighted by Crippen LogP contribution is -1.99. The maximum Gasteiger partial charge on any atom is 0.197 e. The lowest BCUT2D eigenvalue weighted by molar-refractivity contribution is 0.103. The minimum atomic E-state index is 0.0197. The zero-order valence-electron chi connectivity index (χ0n) is 8.33. The summed E-state index contributed by atoms with van der Waals surface area (Å²) in [5.41, 5.74) is 1.36. The van der Waals surface area contributed by atoms with Crippen molar-refractivity contribution in [2.75, 3.05) is 0 Å². The number of rotatable bonds is 2. The SMILES string of the molecule is Cc1cc(C(=O)c2cc(Br)sc2C)co1. The molecule has 0 fully saturated rings. The van der Waals surface area contributed by atoms with E-state index in [1.807, 2.05) is 19.9 Å². The van der Waals surface area contributed by atoms with Crippen LogP contribution >= 0.6 is 27.3 Å². The topological polar surface area (TPSA) is 30.2 Å². The molecule has 0 unspecified atom stereocenters. The van der Waals surface area contributed by atoms with Gasteiger partial charge in [-0.2, -0.15) is 0 Å². The molecule has 0 aliphatic carbocycles. The molecule has 2 rings (SSSR count). The van der Waals surface area contributed by atoms with E-state index < -0.39 is 0 Å². The molecule has 4 heteroatoms. The molecule has 0 aromatic carbocycles. The molecule has 2 heterocycles. The number of carbonyl (C=O) groups is 1. The van der Waals surface area contributed by atoms with E-state index in [-0.39, 0.29) is 5.78 Å². The van der Waals surface area contributed by atoms with Crippen molar-refractivity contribution in [2.24, 2.45) is 0 Å². The summed E-state index contributed by atoms with van der Waals surface area (Å²) in [5, 5.41) is 0. The molecule has 2 aromatic heterocycles. The summed E-state index contributed by atoms with van der Waals surface area (Å²) in [4.78, 5) is 13.0. The molecular weight excluding hydrogens is 276 g/mol. The standard InChI is InChI=1S/C11H9BrO2S/c1-6-3-8(5-14-6)11(13)9-4-10(12)15-7(9)2/h3-5H,1-2H3. The van der Waals surface area contributed by atoms with Gasteiger partial charge >= 0.3 is 0 Å². The normalized spacial score (nSPS) is 10.6. The third-order valence-electron chi connectivity index (χ3n) is 2.13. The summed E-state index contributed by atoms with van der Waals surface area (Å²) < 4.78 is 6.10. The quantitative estimate of drug-likeness (QED) is 0.782. The van der Waals surface area contributed by atoms with Gasteiger partial charge in [0, 0.05) is 10.4 Å². The van der Waals surface area contributed by atoms with Crippen LogP contribution in [-0.2, 0) is 0 Å². The highest BCUT2D eigenvalue weighted by atomic mass is 79.9. The second-order valence-electron chi connectivity index (χ2n) is 3.30. The predicted molar refractivity (Wildman–Crippen MR) is 63.6 cm³/mol. The molecule has 2 aromatic rings. The molecule has 0 bridgehead atoms. The van der Waals surface area contributed by atoms with E-state index in [0.717, 1.165) is 20.0 Å². The molecule has 0 saturated heterocycles. The van der Waals surface area contributed by atoms with Crippen molar-refractivity contribution in [1.29, 1.82) is 0 Å². The van der Waals surface area contributed by atoms with Gasteiger partial charge in [0.25, 0.3) is 0 Å². The summed E-state index contributed by atoms with van der Waals surface area (Å²) in [6, 6.07) is 3.61. The maximum absolute atomic E-state index is 12.0. The van der Waals surface area contributed by atoms with Crippen LogP contribution in [0.4, 0.5) is 0 Å². The molecular formula is C11H9BrO2S. The zero-order chi connectivity index (χ0) is 11.0. The fourth-order valence-corrected chi connectivity index (χ4v) is 3.08. The van der Waals surface area contributed by atoms with Gasteiger partial charge in [-0.15, -0.1) is 11.3 Å². The van der Waals surface area contributed by atoms with E-state index in [2.05, 4.69) is 15.9 Å². The molecule has 0 saturated carbocycles. The van der Waals surface area contributed by atoms with Gasteiger partial charge in [-0.3, -0.25) is 4.79 Å². The Morgan fingerprint density at radius 1 is 1.40 bits per heavy atom. The monoisotopic (exact) mass is 284 g/mol. The van der Waals surface area contributed by atoms with Gasteiger partial charge in [0.15, 0.2) is 5.78 Å². The van der Waals surface area contributed by atoms with E-state index in [9.17, 15) is 4.79 Å². The molecule has 0 N–H and O–H groups in total. The van der Waals surface area contributed by atoms with Crippen molar-refractivity contribution >= 4 is 33.0 Å². The van der Waals surface area contributed by atoms with Crippen LogP contribution < -0.4 is 0 Å². The Kier molecular flexibility index (Phi) is 2.80. The first-order valence-electron chi connectivity index (χ1n) is 4.43. The lowest BCUT2D eigenvalue weighted by Gasteiger charge is -1.94. The number of hydrogen-bond acceptors (Lipinski definition) is 3. The van der Waals surface area contributed by atoms with Crippen LogP contribution in [-0.4, -0.2) is 5.78 Å². The van der Waals surface area contributed by atoms with Crippen LogP contribution in [0.2, 0.25) is 0 Å². The van der Waals surface area contributed by atoms with Crippen molar-refractivity contribution in [3.63, 3.8) is 0 Å². The molecule has 0 aliphatic heterocycles. The van der Waals surface area contributed by atoms with Crippen molar-refractivity contribution < 1.29 is 9.21 Å². The molecule has 0 aliphatic rings. The minimum Gasteiger partial charge on any atom is -0.469 e. The number of furan rings is 1. The molecule has 78 valence electrons. The van der Waals surface area contributed by atoms with Crippen molar-refractivity contribution in [1.82, 2.24) is 0 Å². The fraction of sp³-hybridized carbons (Fsp3) is 0.182. The smallest absolute Gasteiger partial charge is 0.197 e. The highest BCUT2D eigenvalue weighted by molar-refractivity contribution is 9.11. The molecule has 0 spiro atoms. The summed E-state index contributed by atoms with van der Waals surface area (Å²) in [5.74, 6) is 0.775. The van der Waals surface area contributed by atoms with Gasteiger partial charge in [-0.05, 0) is 41.9 Å². The summed E-state index contributed by atoms with van der Waals surface area (Å²) in [7, 11) is 0. The number of ketones is 1. The maximum atomic E-state index is 12.0. The third-order valence-corrected chi connectivity index (χ3v) is 3.68. The van der Waals surface area contributed by atoms with Crippen LogP contribution in [0.15, 0.2) is 26.6 Å². The minimum absolute atomic E-state index is 0.0197. The summed E-state index contributed by atoms with van der Waals surface area (Å²) >= 11 is 4.94. The third kappa shape index (κ3) is 2.06. The van der Waals surface area contributed by atoms with Crippen LogP contribution in [0.3, 0.4) is 0 Å². The number of hydrogen-bond donors (Lipinski definition) is 0. The fourth-order valence-electron chi connectivity index (χ4n) is 1.39. The Labute approximate surface area is 100 Å². The largest absolute Gasteiger partial charge is 0.469 e. The molecule has 2 nitrogen and oxygen atoms in total. The van der Waals surface area contributed by atoms with E-state index in [4.69, 9.17) is 4.42 Å². The van der Waals surface area contributed by atoms with Crippen molar-refractivity contribution in [2.45, 2.75) is 13.8 Å². The van der Waals surface area contributed by atoms with E-state index in [1.165, 1.54) is 6.26 Å². The van der Waals surface area contributed by atoms with Gasteiger partial charge in [-0.25, -0.2) is 0 Å². The van der Waals surface area contributed by atoms with E-state index in [0.29, 0.717) is 5.56 Å². The number of carbonyl (C=O) groups excluding carboxylic acids is 1. The summed E-state index contributed by atoms with van der Waals surface area (Å²) in [6.07, 6.45) is 1.50.